The van der Waals surface area contributed by atoms with E-state index < -0.39 is 17.4 Å². The molecule has 0 spiro atoms. The van der Waals surface area contributed by atoms with Crippen LogP contribution in [-0.4, -0.2) is 22.4 Å². The van der Waals surface area contributed by atoms with Crippen LogP contribution in [0, 0.1) is 0 Å². The molecule has 1 amide bonds. The number of H-pyrrole nitrogens is 1. The number of carbonyl (C=O) groups excluding carboxylic acids is 1. The molecule has 2 N–H and O–H groups in total. The zero-order valence-corrected chi connectivity index (χ0v) is 13.3. The average molecular weight is 350 g/mol. The van der Waals surface area contributed by atoms with Gasteiger partial charge in [-0.3, -0.25) is 9.78 Å². The second kappa shape index (κ2) is 6.57. The number of aromatic amines is 1. The Morgan fingerprint density at radius 2 is 2.12 bits per heavy atom. The number of nitrogens with zero attached hydrogens (tertiary/aromatic N) is 1. The zero-order chi connectivity index (χ0) is 17.2. The van der Waals surface area contributed by atoms with Crippen LogP contribution in [-0.2, 0) is 17.1 Å². The Bertz CT molecular complexity index is 865. The number of fused-ring (bicyclic) bond motifs is 1. The molecule has 2 heterocycles. The minimum absolute atomic E-state index is 0.0914. The van der Waals surface area contributed by atoms with Gasteiger partial charge in [-0.05, 0) is 30.2 Å². The molecule has 3 rings (SSSR count). The second-order valence-corrected chi connectivity index (χ2v) is 5.71. The molecular weight excluding hydrogens is 336 g/mol. The van der Waals surface area contributed by atoms with Crippen LogP contribution in [0.2, 0.25) is 5.02 Å². The van der Waals surface area contributed by atoms with Crippen LogP contribution in [0.25, 0.3) is 10.9 Å². The van der Waals surface area contributed by atoms with E-state index in [9.17, 15) is 13.6 Å². The van der Waals surface area contributed by atoms with Crippen molar-refractivity contribution in [3.8, 4) is 0 Å². The van der Waals surface area contributed by atoms with Crippen LogP contribution in [0.4, 0.5) is 8.78 Å². The topological polar surface area (TPSA) is 57.8 Å². The smallest absolute Gasteiger partial charge is 0.351 e. The van der Waals surface area contributed by atoms with Crippen LogP contribution in [0.1, 0.15) is 11.1 Å². The highest BCUT2D eigenvalue weighted by molar-refractivity contribution is 6.35. The number of para-hydroxylation sites is 1. The molecule has 24 heavy (non-hydrogen) atoms. The quantitative estimate of drug-likeness (QED) is 0.738. The van der Waals surface area contributed by atoms with Crippen molar-refractivity contribution in [1.82, 2.24) is 15.3 Å². The molecule has 0 saturated heterocycles. The molecule has 0 saturated carbocycles. The molecule has 124 valence electrons. The van der Waals surface area contributed by atoms with Crippen LogP contribution in [0.15, 0.2) is 48.9 Å². The van der Waals surface area contributed by atoms with Crippen molar-refractivity contribution in [2.45, 2.75) is 12.3 Å². The van der Waals surface area contributed by atoms with Gasteiger partial charge in [0.2, 0.25) is 0 Å². The predicted octanol–water partition coefficient (Wildman–Crippen LogP) is 3.67. The van der Waals surface area contributed by atoms with Gasteiger partial charge in [0.05, 0.1) is 10.5 Å². The molecule has 0 fully saturated rings. The van der Waals surface area contributed by atoms with Gasteiger partial charge >= 0.3 is 5.92 Å². The molecular formula is C17H14ClF2N3O. The fraction of sp³-hybridized carbons (Fsp3) is 0.176. The van der Waals surface area contributed by atoms with Gasteiger partial charge in [0.15, 0.2) is 0 Å². The van der Waals surface area contributed by atoms with Crippen LogP contribution in [0.5, 0.6) is 0 Å². The number of halogens is 3. The van der Waals surface area contributed by atoms with Gasteiger partial charge in [0.1, 0.15) is 0 Å². The largest absolute Gasteiger partial charge is 0.360 e. The number of pyridine rings is 1. The number of carbonyl (C=O) groups is 1. The Hall–Kier alpha value is -2.47. The molecule has 0 atom stereocenters. The molecule has 0 unspecified atom stereocenters. The first-order valence-corrected chi connectivity index (χ1v) is 7.69. The van der Waals surface area contributed by atoms with Crippen molar-refractivity contribution >= 4 is 28.4 Å². The molecule has 1 aromatic carbocycles. The lowest BCUT2D eigenvalue weighted by Crippen LogP contribution is -2.39. The summed E-state index contributed by atoms with van der Waals surface area (Å²) in [7, 11) is 0. The van der Waals surface area contributed by atoms with Crippen molar-refractivity contribution < 1.29 is 13.6 Å². The Morgan fingerprint density at radius 3 is 2.88 bits per heavy atom. The maximum Gasteiger partial charge on any atom is 0.351 e. The normalized spacial score (nSPS) is 11.6. The minimum atomic E-state index is -3.61. The Labute approximate surface area is 141 Å². The molecule has 0 aliphatic heterocycles. The lowest BCUT2D eigenvalue weighted by atomic mass is 10.1. The standard InChI is InChI=1S/C17H14ClF2N3O/c18-14-5-1-4-13-11(9-23-15(13)14)6-8-22-16(24)17(19,20)12-3-2-7-21-10-12/h1-5,7,9-10,23H,6,8H2,(H,22,24). The monoisotopic (exact) mass is 349 g/mol. The van der Waals surface area contributed by atoms with Crippen LogP contribution in [0.3, 0.4) is 0 Å². The van der Waals surface area contributed by atoms with E-state index in [2.05, 4.69) is 15.3 Å². The third kappa shape index (κ3) is 3.10. The summed E-state index contributed by atoms with van der Waals surface area (Å²) in [5, 5.41) is 3.78. The summed E-state index contributed by atoms with van der Waals surface area (Å²) < 4.78 is 28.1. The number of amides is 1. The summed E-state index contributed by atoms with van der Waals surface area (Å²) in [5.41, 5.74) is 1.26. The van der Waals surface area contributed by atoms with Crippen LogP contribution >= 0.6 is 11.6 Å². The number of rotatable bonds is 5. The van der Waals surface area contributed by atoms with Gasteiger partial charge < -0.3 is 10.3 Å². The van der Waals surface area contributed by atoms with Crippen molar-refractivity contribution in [3.63, 3.8) is 0 Å². The first-order chi connectivity index (χ1) is 11.5. The van der Waals surface area contributed by atoms with E-state index in [-0.39, 0.29) is 6.54 Å². The first kappa shape index (κ1) is 16.4. The lowest BCUT2D eigenvalue weighted by Gasteiger charge is -2.15. The summed E-state index contributed by atoms with van der Waals surface area (Å²) >= 11 is 6.08. The van der Waals surface area contributed by atoms with E-state index in [0.717, 1.165) is 22.7 Å². The molecule has 0 radical (unpaired) electrons. The summed E-state index contributed by atoms with van der Waals surface area (Å²) in [4.78, 5) is 18.5. The van der Waals surface area contributed by atoms with Gasteiger partial charge in [-0.25, -0.2) is 0 Å². The van der Waals surface area contributed by atoms with E-state index in [1.807, 2.05) is 12.1 Å². The lowest BCUT2D eigenvalue weighted by molar-refractivity contribution is -0.147. The summed E-state index contributed by atoms with van der Waals surface area (Å²) in [6.07, 6.45) is 4.54. The van der Waals surface area contributed by atoms with E-state index in [1.165, 1.54) is 18.3 Å². The molecule has 0 aliphatic carbocycles. The minimum Gasteiger partial charge on any atom is -0.360 e. The van der Waals surface area contributed by atoms with E-state index >= 15 is 0 Å². The van der Waals surface area contributed by atoms with Gasteiger partial charge in [-0.2, -0.15) is 8.78 Å². The molecule has 4 nitrogen and oxygen atoms in total. The van der Waals surface area contributed by atoms with Crippen LogP contribution < -0.4 is 5.32 Å². The zero-order valence-electron chi connectivity index (χ0n) is 12.5. The fourth-order valence-corrected chi connectivity index (χ4v) is 2.71. The highest BCUT2D eigenvalue weighted by atomic mass is 35.5. The Kier molecular flexibility index (Phi) is 4.49. The average Bonchev–Trinajstić information content (AvgIpc) is 3.00. The number of nitrogens with one attached hydrogen (secondary N) is 2. The number of benzene rings is 1. The summed E-state index contributed by atoms with van der Waals surface area (Å²) in [5.74, 6) is -4.95. The number of aromatic nitrogens is 2. The van der Waals surface area contributed by atoms with Crippen molar-refractivity contribution in [2.75, 3.05) is 6.54 Å². The molecule has 3 aromatic rings. The fourth-order valence-electron chi connectivity index (χ4n) is 2.48. The third-order valence-electron chi connectivity index (χ3n) is 3.74. The molecule has 7 heteroatoms. The Morgan fingerprint density at radius 1 is 1.29 bits per heavy atom. The number of hydrogen-bond acceptors (Lipinski definition) is 2. The Balaban J connectivity index is 1.65. The first-order valence-electron chi connectivity index (χ1n) is 7.31. The predicted molar refractivity (Wildman–Crippen MR) is 88.2 cm³/mol. The van der Waals surface area contributed by atoms with Gasteiger partial charge in [-0.1, -0.05) is 23.7 Å². The van der Waals surface area contributed by atoms with Crippen molar-refractivity contribution in [3.05, 3.63) is 65.1 Å². The van der Waals surface area contributed by atoms with E-state index in [1.54, 1.807) is 12.3 Å². The van der Waals surface area contributed by atoms with E-state index in [0.29, 0.717) is 11.4 Å². The van der Waals surface area contributed by atoms with Crippen molar-refractivity contribution in [1.29, 1.82) is 0 Å². The van der Waals surface area contributed by atoms with E-state index in [4.69, 9.17) is 11.6 Å². The van der Waals surface area contributed by atoms with Gasteiger partial charge in [0.25, 0.3) is 5.91 Å². The van der Waals surface area contributed by atoms with Gasteiger partial charge in [0, 0.05) is 36.1 Å². The second-order valence-electron chi connectivity index (χ2n) is 5.30. The summed E-state index contributed by atoms with van der Waals surface area (Å²) in [6, 6.07) is 8.01. The number of hydrogen-bond donors (Lipinski definition) is 2. The highest BCUT2D eigenvalue weighted by Gasteiger charge is 2.40. The van der Waals surface area contributed by atoms with Gasteiger partial charge in [-0.15, -0.1) is 0 Å². The maximum atomic E-state index is 14.0. The molecule has 0 bridgehead atoms. The molecule has 2 aromatic heterocycles. The highest BCUT2D eigenvalue weighted by Crippen LogP contribution is 2.28. The third-order valence-corrected chi connectivity index (χ3v) is 4.05. The molecule has 0 aliphatic rings. The summed E-state index contributed by atoms with van der Waals surface area (Å²) in [6.45, 7) is 0.0914. The van der Waals surface area contributed by atoms with Crippen molar-refractivity contribution in [2.24, 2.45) is 0 Å². The number of alkyl halides is 2. The maximum absolute atomic E-state index is 14.0. The SMILES string of the molecule is O=C(NCCc1c[nH]c2c(Cl)cccc12)C(F)(F)c1cccnc1.